The van der Waals surface area contributed by atoms with E-state index < -0.39 is 0 Å². The number of pyridine rings is 1. The van der Waals surface area contributed by atoms with Crippen LogP contribution in [0.4, 0.5) is 17.3 Å². The third kappa shape index (κ3) is 5.84. The first-order valence-electron chi connectivity index (χ1n) is 15.4. The lowest BCUT2D eigenvalue weighted by Gasteiger charge is -2.50. The molecule has 0 spiro atoms. The standard InChI is InChI=1S/C32H37ClN10O/c1-39(18-23-7-8-23)27-9-14-40(15-10-27)29(44)20-42-19-26(17-35-42)36-31-37-30-28(6-3-13-43(30)38-31)41-21-32(22-41,11-12-34)24-4-2-5-25(33)16-24/h2-6,13,16-17,19,23,27H,7-11,14-15,18,20-22H2,1H3,(H,36,38). The number of amides is 1. The number of likely N-dealkylation sites (tertiary alicyclic amines) is 1. The summed E-state index contributed by atoms with van der Waals surface area (Å²) in [4.78, 5) is 24.5. The minimum atomic E-state index is -0.276. The number of halogens is 1. The smallest absolute Gasteiger partial charge is 0.247 e. The lowest BCUT2D eigenvalue weighted by molar-refractivity contribution is -0.133. The van der Waals surface area contributed by atoms with Crippen molar-refractivity contribution in [3.05, 3.63) is 65.6 Å². The van der Waals surface area contributed by atoms with E-state index in [0.29, 0.717) is 42.2 Å². The molecule has 3 aliphatic rings. The second-order valence-electron chi connectivity index (χ2n) is 12.6. The van der Waals surface area contributed by atoms with E-state index in [-0.39, 0.29) is 17.9 Å². The molecule has 1 aliphatic carbocycles. The van der Waals surface area contributed by atoms with Gasteiger partial charge in [0.1, 0.15) is 6.54 Å². The van der Waals surface area contributed by atoms with Gasteiger partial charge in [0.05, 0.1) is 23.6 Å². The van der Waals surface area contributed by atoms with Crippen LogP contribution in [0.2, 0.25) is 5.02 Å². The van der Waals surface area contributed by atoms with Crippen molar-refractivity contribution in [3.8, 4) is 6.07 Å². The number of aromatic nitrogens is 5. The van der Waals surface area contributed by atoms with Crippen molar-refractivity contribution in [1.29, 1.82) is 5.26 Å². The van der Waals surface area contributed by atoms with Crippen molar-refractivity contribution < 1.29 is 4.79 Å². The summed E-state index contributed by atoms with van der Waals surface area (Å²) in [5.74, 6) is 1.43. The van der Waals surface area contributed by atoms with Gasteiger partial charge in [-0.1, -0.05) is 23.7 Å². The highest BCUT2D eigenvalue weighted by molar-refractivity contribution is 6.30. The zero-order valence-corrected chi connectivity index (χ0v) is 25.7. The second kappa shape index (κ2) is 11.7. The van der Waals surface area contributed by atoms with Gasteiger partial charge in [-0.25, -0.2) is 4.52 Å². The van der Waals surface area contributed by atoms with Gasteiger partial charge in [0, 0.05) is 68.0 Å². The van der Waals surface area contributed by atoms with Gasteiger partial charge in [-0.3, -0.25) is 9.48 Å². The first-order valence-corrected chi connectivity index (χ1v) is 15.8. The quantitative estimate of drug-likeness (QED) is 0.282. The molecule has 0 unspecified atom stereocenters. The molecule has 12 heteroatoms. The molecule has 7 rings (SSSR count). The van der Waals surface area contributed by atoms with Crippen LogP contribution in [0.1, 0.15) is 37.7 Å². The van der Waals surface area contributed by atoms with E-state index in [1.54, 1.807) is 15.4 Å². The molecule has 1 amide bonds. The summed E-state index contributed by atoms with van der Waals surface area (Å²) in [6.07, 6.45) is 10.6. The number of anilines is 3. The number of rotatable bonds is 10. The lowest BCUT2D eigenvalue weighted by atomic mass is 9.71. The maximum Gasteiger partial charge on any atom is 0.247 e. The largest absolute Gasteiger partial charge is 0.366 e. The summed E-state index contributed by atoms with van der Waals surface area (Å²) in [6.45, 7) is 4.37. The molecule has 3 aromatic heterocycles. The first-order chi connectivity index (χ1) is 21.4. The Labute approximate surface area is 262 Å². The zero-order valence-electron chi connectivity index (χ0n) is 24.9. The van der Waals surface area contributed by atoms with Gasteiger partial charge in [-0.2, -0.15) is 15.3 Å². The molecule has 3 fully saturated rings. The summed E-state index contributed by atoms with van der Waals surface area (Å²) in [5.41, 5.74) is 3.19. The fraction of sp³-hybridized carbons (Fsp3) is 0.469. The van der Waals surface area contributed by atoms with E-state index in [1.165, 1.54) is 19.4 Å². The van der Waals surface area contributed by atoms with Gasteiger partial charge >= 0.3 is 0 Å². The Morgan fingerprint density at radius 1 is 1.18 bits per heavy atom. The number of fused-ring (bicyclic) bond motifs is 1. The molecule has 5 heterocycles. The van der Waals surface area contributed by atoms with Gasteiger partial charge in [-0.15, -0.1) is 5.10 Å². The van der Waals surface area contributed by atoms with Crippen LogP contribution in [0.15, 0.2) is 55.0 Å². The minimum Gasteiger partial charge on any atom is -0.366 e. The number of nitrogens with one attached hydrogen (secondary N) is 1. The monoisotopic (exact) mass is 612 g/mol. The average Bonchev–Trinajstić information content (AvgIpc) is 3.55. The Balaban J connectivity index is 0.973. The summed E-state index contributed by atoms with van der Waals surface area (Å²) < 4.78 is 3.42. The fourth-order valence-corrected chi connectivity index (χ4v) is 6.90. The summed E-state index contributed by atoms with van der Waals surface area (Å²) >= 11 is 6.27. The van der Waals surface area contributed by atoms with E-state index in [9.17, 15) is 10.1 Å². The molecule has 1 saturated carbocycles. The molecule has 0 bridgehead atoms. The Hall–Kier alpha value is -4.14. The number of piperidine rings is 1. The number of hydrogen-bond donors (Lipinski definition) is 1. The van der Waals surface area contributed by atoms with Gasteiger partial charge < -0.3 is 20.0 Å². The number of nitriles is 1. The van der Waals surface area contributed by atoms with E-state index in [4.69, 9.17) is 16.6 Å². The summed E-state index contributed by atoms with van der Waals surface area (Å²) in [7, 11) is 2.23. The van der Waals surface area contributed by atoms with Crippen molar-refractivity contribution in [3.63, 3.8) is 0 Å². The minimum absolute atomic E-state index is 0.0956. The molecule has 1 N–H and O–H groups in total. The van der Waals surface area contributed by atoms with E-state index in [2.05, 4.69) is 38.4 Å². The number of nitrogens with zero attached hydrogens (tertiary/aromatic N) is 9. The molecule has 2 saturated heterocycles. The van der Waals surface area contributed by atoms with Gasteiger partial charge in [0.25, 0.3) is 0 Å². The summed E-state index contributed by atoms with van der Waals surface area (Å²) in [5, 5.41) is 22.5. The number of carbonyl (C=O) groups excluding carboxylic acids is 1. The third-order valence-electron chi connectivity index (χ3n) is 9.39. The zero-order chi connectivity index (χ0) is 30.3. The molecule has 11 nitrogen and oxygen atoms in total. The van der Waals surface area contributed by atoms with Gasteiger partial charge in [-0.05, 0) is 68.5 Å². The predicted molar refractivity (Wildman–Crippen MR) is 169 cm³/mol. The van der Waals surface area contributed by atoms with Crippen LogP contribution in [-0.4, -0.2) is 85.9 Å². The van der Waals surface area contributed by atoms with Crippen molar-refractivity contribution in [2.24, 2.45) is 5.92 Å². The average molecular weight is 613 g/mol. The predicted octanol–water partition coefficient (Wildman–Crippen LogP) is 4.33. The Morgan fingerprint density at radius 2 is 2.00 bits per heavy atom. The molecular weight excluding hydrogens is 576 g/mol. The van der Waals surface area contributed by atoms with Crippen LogP contribution < -0.4 is 10.2 Å². The van der Waals surface area contributed by atoms with Crippen molar-refractivity contribution in [2.75, 3.05) is 50.0 Å². The van der Waals surface area contributed by atoms with Gasteiger partial charge in [0.2, 0.25) is 11.9 Å². The van der Waals surface area contributed by atoms with Crippen LogP contribution in [0, 0.1) is 17.2 Å². The topological polar surface area (TPSA) is 111 Å². The van der Waals surface area contributed by atoms with Crippen molar-refractivity contribution >= 4 is 40.5 Å². The van der Waals surface area contributed by atoms with E-state index in [0.717, 1.165) is 48.7 Å². The van der Waals surface area contributed by atoms with E-state index >= 15 is 0 Å². The Bertz CT molecular complexity index is 1690. The number of benzene rings is 1. The lowest BCUT2D eigenvalue weighted by Crippen LogP contribution is -2.59. The number of hydrogen-bond acceptors (Lipinski definition) is 8. The Kier molecular flexibility index (Phi) is 7.64. The number of carbonyl (C=O) groups is 1. The second-order valence-corrected chi connectivity index (χ2v) is 13.1. The normalized spacial score (nSPS) is 18.4. The summed E-state index contributed by atoms with van der Waals surface area (Å²) in [6, 6.07) is 14.7. The molecule has 44 heavy (non-hydrogen) atoms. The fourth-order valence-electron chi connectivity index (χ4n) is 6.71. The highest BCUT2D eigenvalue weighted by Crippen LogP contribution is 2.42. The van der Waals surface area contributed by atoms with E-state index in [1.807, 2.05) is 53.7 Å². The molecule has 2 aliphatic heterocycles. The van der Waals surface area contributed by atoms with Crippen LogP contribution in [-0.2, 0) is 16.8 Å². The highest BCUT2D eigenvalue weighted by atomic mass is 35.5. The highest BCUT2D eigenvalue weighted by Gasteiger charge is 2.45. The Morgan fingerprint density at radius 3 is 2.75 bits per heavy atom. The molecule has 228 valence electrons. The molecular formula is C32H37ClN10O. The molecule has 4 aromatic rings. The SMILES string of the molecule is CN(CC1CC1)C1CCN(C(=O)Cn2cc(Nc3nc4c(N5CC(CC#N)(c6cccc(Cl)c6)C5)cccn4n3)cn2)CC1. The first kappa shape index (κ1) is 28.6. The van der Waals surface area contributed by atoms with Crippen LogP contribution in [0.25, 0.3) is 5.65 Å². The van der Waals surface area contributed by atoms with Gasteiger partial charge in [0.15, 0.2) is 5.65 Å². The molecule has 1 aromatic carbocycles. The van der Waals surface area contributed by atoms with Crippen LogP contribution in [0.3, 0.4) is 0 Å². The van der Waals surface area contributed by atoms with Crippen molar-refractivity contribution in [1.82, 2.24) is 34.2 Å². The maximum atomic E-state index is 13.0. The van der Waals surface area contributed by atoms with Crippen LogP contribution in [0.5, 0.6) is 0 Å². The third-order valence-corrected chi connectivity index (χ3v) is 9.63. The molecule has 0 atom stereocenters. The molecule has 0 radical (unpaired) electrons. The maximum absolute atomic E-state index is 13.0. The van der Waals surface area contributed by atoms with Crippen LogP contribution >= 0.6 is 11.6 Å². The van der Waals surface area contributed by atoms with Crippen molar-refractivity contribution in [2.45, 2.75) is 50.1 Å².